The lowest BCUT2D eigenvalue weighted by atomic mass is 10.2. The van der Waals surface area contributed by atoms with Gasteiger partial charge in [0.2, 0.25) is 0 Å². The van der Waals surface area contributed by atoms with Gasteiger partial charge in [-0.25, -0.2) is 0 Å². The zero-order chi connectivity index (χ0) is 14.7. The first kappa shape index (κ1) is 14.0. The van der Waals surface area contributed by atoms with Crippen molar-refractivity contribution in [2.75, 3.05) is 11.9 Å². The summed E-state index contributed by atoms with van der Waals surface area (Å²) in [5.41, 5.74) is 0.737. The van der Waals surface area contributed by atoms with E-state index in [0.29, 0.717) is 11.3 Å². The van der Waals surface area contributed by atoms with E-state index in [-0.39, 0.29) is 24.2 Å². The Bertz CT molecular complexity index is 566. The Morgan fingerprint density at radius 2 is 2.15 bits per heavy atom. The molecule has 0 aromatic heterocycles. The molecule has 0 saturated heterocycles. The van der Waals surface area contributed by atoms with Gasteiger partial charge in [0.25, 0.3) is 11.6 Å². The van der Waals surface area contributed by atoms with Crippen LogP contribution in [0, 0.1) is 23.0 Å². The minimum absolute atomic E-state index is 0.0664. The largest absolute Gasteiger partial charge is 0.455 e. The van der Waals surface area contributed by atoms with Crippen LogP contribution in [0.5, 0.6) is 0 Å². The maximum atomic E-state index is 11.6. The molecular weight excluding hydrogens is 264 g/mol. The lowest BCUT2D eigenvalue weighted by Gasteiger charge is -2.07. The summed E-state index contributed by atoms with van der Waals surface area (Å²) in [4.78, 5) is 33.1. The highest BCUT2D eigenvalue weighted by atomic mass is 16.6. The van der Waals surface area contributed by atoms with Crippen molar-refractivity contribution in [2.24, 2.45) is 5.92 Å². The molecule has 1 fully saturated rings. The fourth-order valence-corrected chi connectivity index (χ4v) is 1.65. The predicted molar refractivity (Wildman–Crippen MR) is 70.1 cm³/mol. The van der Waals surface area contributed by atoms with E-state index in [2.05, 4.69) is 5.32 Å². The third-order valence-electron chi connectivity index (χ3n) is 2.95. The summed E-state index contributed by atoms with van der Waals surface area (Å²) < 4.78 is 4.82. The molecule has 1 aliphatic rings. The summed E-state index contributed by atoms with van der Waals surface area (Å²) in [5.74, 6) is -0.949. The van der Waals surface area contributed by atoms with Gasteiger partial charge < -0.3 is 10.1 Å². The number of ether oxygens (including phenoxy) is 1. The highest BCUT2D eigenvalue weighted by Crippen LogP contribution is 2.30. The molecule has 1 aliphatic carbocycles. The summed E-state index contributed by atoms with van der Waals surface area (Å²) in [6.45, 7) is 1.23. The fourth-order valence-electron chi connectivity index (χ4n) is 1.65. The van der Waals surface area contributed by atoms with Crippen molar-refractivity contribution in [3.05, 3.63) is 33.9 Å². The number of nitro benzene ring substituents is 1. The second-order valence-corrected chi connectivity index (χ2v) is 4.69. The van der Waals surface area contributed by atoms with Crippen LogP contribution in [0.15, 0.2) is 18.2 Å². The Morgan fingerprint density at radius 1 is 1.45 bits per heavy atom. The topological polar surface area (TPSA) is 98.5 Å². The van der Waals surface area contributed by atoms with Gasteiger partial charge in [0.1, 0.15) is 0 Å². The number of carbonyl (C=O) groups excluding carboxylic acids is 2. The van der Waals surface area contributed by atoms with Crippen LogP contribution >= 0.6 is 0 Å². The number of amides is 1. The van der Waals surface area contributed by atoms with E-state index in [4.69, 9.17) is 4.74 Å². The van der Waals surface area contributed by atoms with Crippen LogP contribution in [0.3, 0.4) is 0 Å². The van der Waals surface area contributed by atoms with Crippen molar-refractivity contribution in [2.45, 2.75) is 19.8 Å². The second-order valence-electron chi connectivity index (χ2n) is 4.69. The standard InChI is InChI=1S/C13H14N2O5/c1-8-2-5-10(6-11(8)15(18)19)14-12(16)7-20-13(17)9-3-4-9/h2,5-6,9H,3-4,7H2,1H3,(H,14,16). The molecule has 1 aromatic rings. The van der Waals surface area contributed by atoms with E-state index in [1.165, 1.54) is 6.07 Å². The van der Waals surface area contributed by atoms with Crippen molar-refractivity contribution in [3.63, 3.8) is 0 Å². The highest BCUT2D eigenvalue weighted by Gasteiger charge is 2.31. The van der Waals surface area contributed by atoms with Gasteiger partial charge in [-0.05, 0) is 25.8 Å². The van der Waals surface area contributed by atoms with Crippen LogP contribution in [0.1, 0.15) is 18.4 Å². The first-order valence-electron chi connectivity index (χ1n) is 6.19. The molecule has 0 bridgehead atoms. The van der Waals surface area contributed by atoms with Crippen molar-refractivity contribution in [1.82, 2.24) is 0 Å². The third kappa shape index (κ3) is 3.53. The molecule has 1 N–H and O–H groups in total. The number of aryl methyl sites for hydroxylation is 1. The van der Waals surface area contributed by atoms with Gasteiger partial charge in [-0.15, -0.1) is 0 Å². The molecule has 20 heavy (non-hydrogen) atoms. The van der Waals surface area contributed by atoms with Gasteiger partial charge in [0, 0.05) is 17.3 Å². The van der Waals surface area contributed by atoms with Gasteiger partial charge in [0.05, 0.1) is 10.8 Å². The molecule has 0 unspecified atom stereocenters. The van der Waals surface area contributed by atoms with Crippen LogP contribution in [0.4, 0.5) is 11.4 Å². The zero-order valence-corrected chi connectivity index (χ0v) is 10.9. The first-order valence-corrected chi connectivity index (χ1v) is 6.19. The molecule has 0 atom stereocenters. The van der Waals surface area contributed by atoms with Crippen LogP contribution in [0.25, 0.3) is 0 Å². The molecular formula is C13H14N2O5. The van der Waals surface area contributed by atoms with Crippen LogP contribution < -0.4 is 5.32 Å². The van der Waals surface area contributed by atoms with Gasteiger partial charge in [-0.2, -0.15) is 0 Å². The Balaban J connectivity index is 1.91. The lowest BCUT2D eigenvalue weighted by Crippen LogP contribution is -2.21. The Morgan fingerprint density at radius 3 is 2.75 bits per heavy atom. The molecule has 0 spiro atoms. The first-order chi connectivity index (χ1) is 9.47. The molecule has 0 heterocycles. The van der Waals surface area contributed by atoms with E-state index in [1.54, 1.807) is 19.1 Å². The number of hydrogen-bond acceptors (Lipinski definition) is 5. The number of nitrogens with zero attached hydrogens (tertiary/aromatic N) is 1. The maximum Gasteiger partial charge on any atom is 0.309 e. The number of nitro groups is 1. The minimum atomic E-state index is -0.517. The van der Waals surface area contributed by atoms with Crippen molar-refractivity contribution in [3.8, 4) is 0 Å². The normalized spacial score (nSPS) is 13.7. The molecule has 7 nitrogen and oxygen atoms in total. The molecule has 1 saturated carbocycles. The van der Waals surface area contributed by atoms with Crippen molar-refractivity contribution >= 4 is 23.3 Å². The minimum Gasteiger partial charge on any atom is -0.455 e. The number of rotatable bonds is 5. The fraction of sp³-hybridized carbons (Fsp3) is 0.385. The molecule has 7 heteroatoms. The Kier molecular flexibility index (Phi) is 3.97. The Hall–Kier alpha value is -2.44. The monoisotopic (exact) mass is 278 g/mol. The Labute approximate surface area is 115 Å². The molecule has 1 amide bonds. The third-order valence-corrected chi connectivity index (χ3v) is 2.95. The smallest absolute Gasteiger partial charge is 0.309 e. The van der Waals surface area contributed by atoms with Gasteiger partial charge >= 0.3 is 5.97 Å². The number of esters is 1. The lowest BCUT2D eigenvalue weighted by molar-refractivity contribution is -0.385. The zero-order valence-electron chi connectivity index (χ0n) is 10.9. The number of anilines is 1. The summed E-state index contributed by atoms with van der Waals surface area (Å²) >= 11 is 0. The summed E-state index contributed by atoms with van der Waals surface area (Å²) in [6.07, 6.45) is 1.62. The predicted octanol–water partition coefficient (Wildman–Crippen LogP) is 1.79. The van der Waals surface area contributed by atoms with Crippen LogP contribution in [0.2, 0.25) is 0 Å². The van der Waals surface area contributed by atoms with E-state index in [0.717, 1.165) is 12.8 Å². The molecule has 106 valence electrons. The van der Waals surface area contributed by atoms with Crippen molar-refractivity contribution < 1.29 is 19.2 Å². The summed E-state index contributed by atoms with van der Waals surface area (Å²) in [6, 6.07) is 4.38. The second kappa shape index (κ2) is 5.68. The number of carbonyl (C=O) groups is 2. The molecule has 2 rings (SSSR count). The van der Waals surface area contributed by atoms with E-state index in [1.807, 2.05) is 0 Å². The van der Waals surface area contributed by atoms with Crippen LogP contribution in [-0.2, 0) is 14.3 Å². The number of hydrogen-bond donors (Lipinski definition) is 1. The molecule has 0 aliphatic heterocycles. The van der Waals surface area contributed by atoms with E-state index in [9.17, 15) is 19.7 Å². The maximum absolute atomic E-state index is 11.6. The van der Waals surface area contributed by atoms with Gasteiger partial charge in [0.15, 0.2) is 6.61 Å². The van der Waals surface area contributed by atoms with E-state index < -0.39 is 10.8 Å². The van der Waals surface area contributed by atoms with Crippen molar-refractivity contribution in [1.29, 1.82) is 0 Å². The molecule has 0 radical (unpaired) electrons. The number of nitrogens with one attached hydrogen (secondary N) is 1. The average molecular weight is 278 g/mol. The summed E-state index contributed by atoms with van der Waals surface area (Å²) in [7, 11) is 0. The average Bonchev–Trinajstić information content (AvgIpc) is 3.22. The highest BCUT2D eigenvalue weighted by molar-refractivity contribution is 5.93. The quantitative estimate of drug-likeness (QED) is 0.503. The van der Waals surface area contributed by atoms with Crippen LogP contribution in [-0.4, -0.2) is 23.4 Å². The SMILES string of the molecule is Cc1ccc(NC(=O)COC(=O)C2CC2)cc1[N+](=O)[O-]. The van der Waals surface area contributed by atoms with E-state index >= 15 is 0 Å². The van der Waals surface area contributed by atoms with Gasteiger partial charge in [-0.3, -0.25) is 19.7 Å². The molecule has 1 aromatic carbocycles. The number of benzene rings is 1. The summed E-state index contributed by atoms with van der Waals surface area (Å²) in [5, 5.41) is 13.2. The van der Waals surface area contributed by atoms with Gasteiger partial charge in [-0.1, -0.05) is 6.07 Å².